The molecule has 4 nitrogen and oxygen atoms in total. The van der Waals surface area contributed by atoms with Crippen molar-refractivity contribution in [3.8, 4) is 0 Å². The van der Waals surface area contributed by atoms with Gasteiger partial charge >= 0.3 is 51.4 Å². The Morgan fingerprint density at radius 1 is 0.760 bits per heavy atom. The fourth-order valence-electron chi connectivity index (χ4n) is 3.11. The summed E-state index contributed by atoms with van der Waals surface area (Å²) >= 11 is 0. The summed E-state index contributed by atoms with van der Waals surface area (Å²) in [5.41, 5.74) is 0. The minimum Gasteiger partial charge on any atom is -0.748 e. The van der Waals surface area contributed by atoms with Gasteiger partial charge in [0, 0.05) is 0 Å². The summed E-state index contributed by atoms with van der Waals surface area (Å²) < 4.78 is 34.2. The standard InChI is InChI=1S/C19H40O4S.K/c1-3-5-7-9-10-12-13-15-18(20)17-19(24(21,22)23)16-14-11-8-6-4-2;/h18-20H,3-17H2,1-2H3,(H,21,22,23);/q;+1/p-1. The fraction of sp³-hybridized carbons (Fsp3) is 1.00. The van der Waals surface area contributed by atoms with E-state index in [0.717, 1.165) is 44.9 Å². The Morgan fingerprint density at radius 2 is 1.16 bits per heavy atom. The van der Waals surface area contributed by atoms with Gasteiger partial charge in [-0.05, 0) is 19.3 Å². The van der Waals surface area contributed by atoms with E-state index in [0.29, 0.717) is 12.8 Å². The van der Waals surface area contributed by atoms with Crippen LogP contribution in [0, 0.1) is 0 Å². The molecule has 1 N–H and O–H groups in total. The van der Waals surface area contributed by atoms with Crippen LogP contribution in [0.1, 0.15) is 110 Å². The first-order valence-electron chi connectivity index (χ1n) is 10.0. The molecule has 0 fully saturated rings. The summed E-state index contributed by atoms with van der Waals surface area (Å²) in [7, 11) is -4.31. The van der Waals surface area contributed by atoms with E-state index in [1.54, 1.807) is 0 Å². The molecule has 0 bridgehead atoms. The zero-order valence-corrected chi connectivity index (χ0v) is 20.8. The molecule has 0 saturated carbocycles. The molecule has 0 aromatic heterocycles. The van der Waals surface area contributed by atoms with Crippen molar-refractivity contribution in [2.75, 3.05) is 0 Å². The molecule has 0 radical (unpaired) electrons. The van der Waals surface area contributed by atoms with Gasteiger partial charge in [-0.25, -0.2) is 8.42 Å². The van der Waals surface area contributed by atoms with Crippen LogP contribution < -0.4 is 51.4 Å². The maximum absolute atomic E-state index is 11.4. The van der Waals surface area contributed by atoms with Crippen LogP contribution in [0.3, 0.4) is 0 Å². The van der Waals surface area contributed by atoms with Gasteiger partial charge in [0.05, 0.1) is 21.5 Å². The van der Waals surface area contributed by atoms with Crippen molar-refractivity contribution >= 4 is 10.1 Å². The summed E-state index contributed by atoms with van der Waals surface area (Å²) in [5, 5.41) is 9.14. The Bertz CT molecular complexity index is 374. The Balaban J connectivity index is 0. The third-order valence-corrected chi connectivity index (χ3v) is 5.96. The third kappa shape index (κ3) is 18.6. The number of hydrogen-bond donors (Lipinski definition) is 1. The SMILES string of the molecule is CCCCCCCCCC(O)CC(CCCCCCC)S(=O)(=O)[O-].[K+]. The predicted molar refractivity (Wildman–Crippen MR) is 100 cm³/mol. The molecule has 0 aromatic carbocycles. The Morgan fingerprint density at radius 3 is 1.60 bits per heavy atom. The van der Waals surface area contributed by atoms with Gasteiger partial charge in [-0.3, -0.25) is 0 Å². The first-order chi connectivity index (χ1) is 11.4. The van der Waals surface area contributed by atoms with E-state index in [9.17, 15) is 18.1 Å². The van der Waals surface area contributed by atoms with Gasteiger partial charge in [-0.15, -0.1) is 0 Å². The molecule has 0 amide bonds. The van der Waals surface area contributed by atoms with Crippen molar-refractivity contribution in [1.82, 2.24) is 0 Å². The number of unbranched alkanes of at least 4 members (excludes halogenated alkanes) is 10. The fourth-order valence-corrected chi connectivity index (χ4v) is 4.03. The Kier molecular flexibility index (Phi) is 21.7. The summed E-state index contributed by atoms with van der Waals surface area (Å²) in [4.78, 5) is 0. The largest absolute Gasteiger partial charge is 1.00 e. The molecule has 6 heteroatoms. The Hall–Kier alpha value is 1.51. The molecule has 0 aliphatic rings. The maximum atomic E-state index is 11.4. The van der Waals surface area contributed by atoms with E-state index in [1.165, 1.54) is 32.1 Å². The molecule has 0 rings (SSSR count). The van der Waals surface area contributed by atoms with E-state index >= 15 is 0 Å². The van der Waals surface area contributed by atoms with E-state index in [4.69, 9.17) is 0 Å². The second-order valence-corrected chi connectivity index (χ2v) is 8.77. The minimum absolute atomic E-state index is 0. The van der Waals surface area contributed by atoms with Crippen molar-refractivity contribution in [1.29, 1.82) is 0 Å². The van der Waals surface area contributed by atoms with Crippen molar-refractivity contribution in [3.05, 3.63) is 0 Å². The van der Waals surface area contributed by atoms with Crippen LogP contribution in [0.4, 0.5) is 0 Å². The number of aliphatic hydroxyl groups excluding tert-OH is 1. The molecule has 0 heterocycles. The van der Waals surface area contributed by atoms with Gasteiger partial charge in [0.1, 0.15) is 0 Å². The van der Waals surface area contributed by atoms with Gasteiger partial charge in [-0.1, -0.05) is 90.9 Å². The molecule has 2 atom stereocenters. The first-order valence-corrected chi connectivity index (χ1v) is 11.5. The van der Waals surface area contributed by atoms with E-state index < -0.39 is 21.5 Å². The van der Waals surface area contributed by atoms with Gasteiger partial charge in [-0.2, -0.15) is 0 Å². The molecular weight excluding hydrogens is 363 g/mol. The third-order valence-electron chi connectivity index (χ3n) is 4.71. The molecule has 25 heavy (non-hydrogen) atoms. The smallest absolute Gasteiger partial charge is 0.748 e. The van der Waals surface area contributed by atoms with E-state index in [-0.39, 0.29) is 57.8 Å². The van der Waals surface area contributed by atoms with Crippen molar-refractivity contribution < 1.29 is 69.5 Å². The van der Waals surface area contributed by atoms with Gasteiger partial charge in [0.2, 0.25) is 0 Å². The summed E-state index contributed by atoms with van der Waals surface area (Å²) in [6.45, 7) is 4.33. The van der Waals surface area contributed by atoms with Crippen LogP contribution in [-0.4, -0.2) is 29.4 Å². The molecule has 2 unspecified atom stereocenters. The summed E-state index contributed by atoms with van der Waals surface area (Å²) in [6, 6.07) is 0. The monoisotopic (exact) mass is 402 g/mol. The molecule has 146 valence electrons. The van der Waals surface area contributed by atoms with Crippen molar-refractivity contribution in [2.45, 2.75) is 122 Å². The molecule has 0 spiro atoms. The zero-order chi connectivity index (χ0) is 18.3. The normalized spacial score (nSPS) is 14.1. The summed E-state index contributed by atoms with van der Waals surface area (Å²) in [5.74, 6) is 0. The van der Waals surface area contributed by atoms with Crippen LogP contribution in [-0.2, 0) is 10.1 Å². The molecule has 0 saturated heterocycles. The molecule has 0 aliphatic heterocycles. The number of aliphatic hydroxyl groups is 1. The topological polar surface area (TPSA) is 77.4 Å². The Labute approximate surface area is 199 Å². The van der Waals surface area contributed by atoms with Crippen LogP contribution in [0.15, 0.2) is 0 Å². The minimum atomic E-state index is -4.31. The number of hydrogen-bond acceptors (Lipinski definition) is 4. The van der Waals surface area contributed by atoms with E-state index in [2.05, 4.69) is 13.8 Å². The van der Waals surface area contributed by atoms with Gasteiger partial charge < -0.3 is 9.66 Å². The van der Waals surface area contributed by atoms with Crippen LogP contribution in [0.2, 0.25) is 0 Å². The summed E-state index contributed by atoms with van der Waals surface area (Å²) in [6.07, 6.45) is 13.7. The maximum Gasteiger partial charge on any atom is 1.00 e. The van der Waals surface area contributed by atoms with Gasteiger partial charge in [0.15, 0.2) is 0 Å². The molecule has 0 aromatic rings. The molecule has 0 aliphatic carbocycles. The van der Waals surface area contributed by atoms with Crippen molar-refractivity contribution in [3.63, 3.8) is 0 Å². The van der Waals surface area contributed by atoms with Crippen LogP contribution >= 0.6 is 0 Å². The number of rotatable bonds is 17. The quantitative estimate of drug-likeness (QED) is 0.230. The molecular formula is C19H39KO4S. The second kappa shape index (κ2) is 18.9. The van der Waals surface area contributed by atoms with Crippen LogP contribution in [0.5, 0.6) is 0 Å². The van der Waals surface area contributed by atoms with Crippen LogP contribution in [0.25, 0.3) is 0 Å². The average molecular weight is 403 g/mol. The van der Waals surface area contributed by atoms with Gasteiger partial charge in [0.25, 0.3) is 0 Å². The first kappa shape index (κ1) is 28.7. The second-order valence-electron chi connectivity index (χ2n) is 7.12. The zero-order valence-electron chi connectivity index (χ0n) is 16.8. The predicted octanol–water partition coefficient (Wildman–Crippen LogP) is 2.16. The van der Waals surface area contributed by atoms with E-state index in [1.807, 2.05) is 0 Å². The van der Waals surface area contributed by atoms with Crippen molar-refractivity contribution in [2.24, 2.45) is 0 Å². The average Bonchev–Trinajstić information content (AvgIpc) is 2.51.